The largest absolute Gasteiger partial charge is 0.481 e. The van der Waals surface area contributed by atoms with E-state index in [2.05, 4.69) is 12.2 Å². The van der Waals surface area contributed by atoms with Gasteiger partial charge in [0.05, 0.1) is 0 Å². The Balaban J connectivity index is 1.81. The summed E-state index contributed by atoms with van der Waals surface area (Å²) in [6, 6.07) is 7.21. The fourth-order valence-corrected chi connectivity index (χ4v) is 2.31. The fraction of sp³-hybridized carbons (Fsp3) is 0.500. The van der Waals surface area contributed by atoms with E-state index in [1.165, 1.54) is 6.42 Å². The second kappa shape index (κ2) is 6.61. The zero-order chi connectivity index (χ0) is 15.4. The Bertz CT molecular complexity index is 513. The number of carbonyl (C=O) groups excluding carboxylic acids is 1. The predicted molar refractivity (Wildman–Crippen MR) is 81.3 cm³/mol. The fourth-order valence-electron chi connectivity index (χ4n) is 2.31. The molecule has 0 aliphatic heterocycles. The molecule has 0 saturated heterocycles. The Morgan fingerprint density at radius 3 is 2.48 bits per heavy atom. The van der Waals surface area contributed by atoms with Gasteiger partial charge in [-0.15, -0.1) is 0 Å². The number of amides is 2. The number of aryl methyl sites for hydroxylation is 1. The molecular formula is C16H22N2O3. The lowest BCUT2D eigenvalue weighted by molar-refractivity contribution is -0.136. The molecular weight excluding hydrogens is 268 g/mol. The number of hydrogen-bond donors (Lipinski definition) is 2. The van der Waals surface area contributed by atoms with Gasteiger partial charge in [0, 0.05) is 25.7 Å². The normalized spacial score (nSPS) is 19.9. The molecule has 5 heteroatoms. The number of nitrogens with one attached hydrogen (secondary N) is 1. The first-order valence-electron chi connectivity index (χ1n) is 7.28. The summed E-state index contributed by atoms with van der Waals surface area (Å²) in [6.45, 7) is 3.00. The lowest BCUT2D eigenvalue weighted by Crippen LogP contribution is -2.33. The maximum atomic E-state index is 12.0. The topological polar surface area (TPSA) is 69.6 Å². The van der Waals surface area contributed by atoms with Gasteiger partial charge in [0.25, 0.3) is 0 Å². The summed E-state index contributed by atoms with van der Waals surface area (Å²) in [5.41, 5.74) is 1.69. The molecule has 2 N–H and O–H groups in total. The molecule has 21 heavy (non-hydrogen) atoms. The molecule has 0 heterocycles. The van der Waals surface area contributed by atoms with Crippen molar-refractivity contribution in [2.75, 3.05) is 18.9 Å². The van der Waals surface area contributed by atoms with Crippen LogP contribution in [0.4, 0.5) is 10.5 Å². The summed E-state index contributed by atoms with van der Waals surface area (Å²) >= 11 is 0. The van der Waals surface area contributed by atoms with Gasteiger partial charge in [-0.2, -0.15) is 0 Å². The minimum atomic E-state index is -0.802. The van der Waals surface area contributed by atoms with Crippen molar-refractivity contribution < 1.29 is 14.7 Å². The van der Waals surface area contributed by atoms with Crippen molar-refractivity contribution in [2.45, 2.75) is 26.2 Å². The molecule has 114 valence electrons. The second-order valence-electron chi connectivity index (χ2n) is 5.87. The third-order valence-electron chi connectivity index (χ3n) is 3.96. The lowest BCUT2D eigenvalue weighted by atomic mass is 10.1. The van der Waals surface area contributed by atoms with E-state index in [1.807, 2.05) is 31.3 Å². The molecule has 1 saturated carbocycles. The first-order valence-corrected chi connectivity index (χ1v) is 7.28. The van der Waals surface area contributed by atoms with Crippen LogP contribution in [0.25, 0.3) is 0 Å². The van der Waals surface area contributed by atoms with Gasteiger partial charge in [0.15, 0.2) is 0 Å². The summed E-state index contributed by atoms with van der Waals surface area (Å²) < 4.78 is 0. The average Bonchev–Trinajstić information content (AvgIpc) is 3.13. The molecule has 1 fully saturated rings. The number of rotatable bonds is 6. The quantitative estimate of drug-likeness (QED) is 0.846. The van der Waals surface area contributed by atoms with E-state index in [-0.39, 0.29) is 12.5 Å². The van der Waals surface area contributed by atoms with Crippen LogP contribution in [0.15, 0.2) is 24.3 Å². The first kappa shape index (κ1) is 15.4. The predicted octanol–water partition coefficient (Wildman–Crippen LogP) is 2.82. The van der Waals surface area contributed by atoms with Crippen LogP contribution in [0.5, 0.6) is 0 Å². The van der Waals surface area contributed by atoms with E-state index in [0.29, 0.717) is 12.3 Å². The standard InChI is InChI=1S/C16H22N2O3/c1-11-9-13(11)10-18(2)16(21)17-14-6-3-12(4-7-14)5-8-15(19)20/h3-4,6-7,11,13H,5,8-10H2,1-2H3,(H,17,21)(H,19,20). The average molecular weight is 290 g/mol. The van der Waals surface area contributed by atoms with Crippen LogP contribution in [-0.4, -0.2) is 35.6 Å². The van der Waals surface area contributed by atoms with E-state index >= 15 is 0 Å². The second-order valence-corrected chi connectivity index (χ2v) is 5.87. The summed E-state index contributed by atoms with van der Waals surface area (Å²) in [7, 11) is 1.81. The van der Waals surface area contributed by atoms with Crippen molar-refractivity contribution in [3.63, 3.8) is 0 Å². The first-order chi connectivity index (χ1) is 9.95. The number of hydrogen-bond acceptors (Lipinski definition) is 2. The zero-order valence-electron chi connectivity index (χ0n) is 12.5. The van der Waals surface area contributed by atoms with Crippen LogP contribution >= 0.6 is 0 Å². The molecule has 2 unspecified atom stereocenters. The monoisotopic (exact) mass is 290 g/mol. The van der Waals surface area contributed by atoms with Gasteiger partial charge in [0.2, 0.25) is 0 Å². The van der Waals surface area contributed by atoms with Crippen molar-refractivity contribution in [2.24, 2.45) is 11.8 Å². The number of carboxylic acid groups (broad SMARTS) is 1. The van der Waals surface area contributed by atoms with Gasteiger partial charge in [-0.25, -0.2) is 4.79 Å². The molecule has 1 aromatic rings. The third-order valence-corrected chi connectivity index (χ3v) is 3.96. The molecule has 2 atom stereocenters. The van der Waals surface area contributed by atoms with E-state index in [0.717, 1.165) is 23.7 Å². The Morgan fingerprint density at radius 1 is 1.33 bits per heavy atom. The molecule has 1 aromatic carbocycles. The van der Waals surface area contributed by atoms with E-state index < -0.39 is 5.97 Å². The van der Waals surface area contributed by atoms with Gasteiger partial charge in [-0.1, -0.05) is 19.1 Å². The van der Waals surface area contributed by atoms with Gasteiger partial charge >= 0.3 is 12.0 Å². The van der Waals surface area contributed by atoms with Crippen LogP contribution in [0, 0.1) is 11.8 Å². The van der Waals surface area contributed by atoms with Crippen molar-refractivity contribution in [1.29, 1.82) is 0 Å². The van der Waals surface area contributed by atoms with Gasteiger partial charge < -0.3 is 15.3 Å². The summed E-state index contributed by atoms with van der Waals surface area (Å²) in [6.07, 6.45) is 1.83. The Labute approximate surface area is 125 Å². The number of urea groups is 1. The van der Waals surface area contributed by atoms with Crippen LogP contribution in [-0.2, 0) is 11.2 Å². The van der Waals surface area contributed by atoms with Crippen LogP contribution in [0.2, 0.25) is 0 Å². The molecule has 5 nitrogen and oxygen atoms in total. The maximum absolute atomic E-state index is 12.0. The maximum Gasteiger partial charge on any atom is 0.321 e. The smallest absolute Gasteiger partial charge is 0.321 e. The Morgan fingerprint density at radius 2 is 1.95 bits per heavy atom. The molecule has 2 rings (SSSR count). The molecule has 1 aliphatic rings. The number of nitrogens with zero attached hydrogens (tertiary/aromatic N) is 1. The molecule has 0 aromatic heterocycles. The van der Waals surface area contributed by atoms with Crippen molar-refractivity contribution in [1.82, 2.24) is 4.90 Å². The van der Waals surface area contributed by atoms with Crippen molar-refractivity contribution in [3.05, 3.63) is 29.8 Å². The van der Waals surface area contributed by atoms with Gasteiger partial charge in [0.1, 0.15) is 0 Å². The minimum Gasteiger partial charge on any atom is -0.481 e. The van der Waals surface area contributed by atoms with E-state index in [1.54, 1.807) is 4.90 Å². The van der Waals surface area contributed by atoms with Crippen LogP contribution < -0.4 is 5.32 Å². The highest BCUT2D eigenvalue weighted by atomic mass is 16.4. The molecule has 2 amide bonds. The molecule has 1 aliphatic carbocycles. The number of carboxylic acids is 1. The molecule has 0 bridgehead atoms. The van der Waals surface area contributed by atoms with E-state index in [4.69, 9.17) is 5.11 Å². The summed E-state index contributed by atoms with van der Waals surface area (Å²) in [5.74, 6) is 0.566. The molecule has 0 spiro atoms. The van der Waals surface area contributed by atoms with Crippen LogP contribution in [0.1, 0.15) is 25.3 Å². The zero-order valence-corrected chi connectivity index (χ0v) is 12.5. The van der Waals surface area contributed by atoms with Crippen molar-refractivity contribution in [3.8, 4) is 0 Å². The van der Waals surface area contributed by atoms with E-state index in [9.17, 15) is 9.59 Å². The summed E-state index contributed by atoms with van der Waals surface area (Å²) in [4.78, 5) is 24.2. The lowest BCUT2D eigenvalue weighted by Gasteiger charge is -2.18. The minimum absolute atomic E-state index is 0.104. The van der Waals surface area contributed by atoms with Crippen molar-refractivity contribution >= 4 is 17.7 Å². The number of benzene rings is 1. The van der Waals surface area contributed by atoms with Crippen LogP contribution in [0.3, 0.4) is 0 Å². The third kappa shape index (κ3) is 4.77. The summed E-state index contributed by atoms with van der Waals surface area (Å²) in [5, 5.41) is 11.5. The SMILES string of the molecule is CC1CC1CN(C)C(=O)Nc1ccc(CCC(=O)O)cc1. The Kier molecular flexibility index (Phi) is 4.83. The van der Waals surface area contributed by atoms with Gasteiger partial charge in [-0.05, 0) is 42.4 Å². The van der Waals surface area contributed by atoms with Gasteiger partial charge in [-0.3, -0.25) is 4.79 Å². The highest BCUT2D eigenvalue weighted by molar-refractivity contribution is 5.89. The highest BCUT2D eigenvalue weighted by Crippen LogP contribution is 2.37. The number of carbonyl (C=O) groups is 2. The number of aliphatic carboxylic acids is 1. The molecule has 0 radical (unpaired) electrons. The highest BCUT2D eigenvalue weighted by Gasteiger charge is 2.34. The Hall–Kier alpha value is -2.04. The number of anilines is 1.